The molecular weight excluding hydrogens is 388 g/mol. The highest BCUT2D eigenvalue weighted by atomic mass is 32.2. The van der Waals surface area contributed by atoms with E-state index < -0.39 is 5.41 Å². The van der Waals surface area contributed by atoms with E-state index in [1.807, 2.05) is 31.2 Å². The van der Waals surface area contributed by atoms with Crippen LogP contribution < -0.4 is 4.74 Å². The summed E-state index contributed by atoms with van der Waals surface area (Å²) in [6, 6.07) is 19.0. The minimum atomic E-state index is -0.668. The van der Waals surface area contributed by atoms with Gasteiger partial charge in [-0.15, -0.1) is 0 Å². The SMILES string of the molecule is CCc1cc2ccc(C(C)(C#N)Cc3cccc(C#C[S+](C)C)c3)cc2nc1OC. The Morgan fingerprint density at radius 2 is 1.93 bits per heavy atom. The lowest BCUT2D eigenvalue weighted by molar-refractivity contribution is 0.395. The van der Waals surface area contributed by atoms with E-state index in [0.717, 1.165) is 39.6 Å². The van der Waals surface area contributed by atoms with E-state index >= 15 is 0 Å². The molecule has 0 N–H and O–H groups in total. The molecule has 0 bridgehead atoms. The summed E-state index contributed by atoms with van der Waals surface area (Å²) in [5.41, 5.74) is 4.31. The maximum absolute atomic E-state index is 10.1. The van der Waals surface area contributed by atoms with Crippen LogP contribution in [-0.4, -0.2) is 24.6 Å². The summed E-state index contributed by atoms with van der Waals surface area (Å²) < 4.78 is 5.46. The number of nitrogens with zero attached hydrogens (tertiary/aromatic N) is 2. The van der Waals surface area contributed by atoms with Crippen LogP contribution >= 0.6 is 0 Å². The van der Waals surface area contributed by atoms with E-state index in [2.05, 4.69) is 65.9 Å². The van der Waals surface area contributed by atoms with Gasteiger partial charge in [0.15, 0.2) is 5.25 Å². The third-order valence-electron chi connectivity index (χ3n) is 5.20. The van der Waals surface area contributed by atoms with Crippen molar-refractivity contribution >= 4 is 21.8 Å². The van der Waals surface area contributed by atoms with Gasteiger partial charge in [-0.25, -0.2) is 4.98 Å². The van der Waals surface area contributed by atoms with Gasteiger partial charge in [-0.05, 0) is 61.1 Å². The summed E-state index contributed by atoms with van der Waals surface area (Å²) >= 11 is 0. The molecular formula is C26H27N2OS+. The molecule has 1 atom stereocenters. The smallest absolute Gasteiger partial charge is 0.216 e. The van der Waals surface area contributed by atoms with Crippen LogP contribution in [0, 0.1) is 22.5 Å². The summed E-state index contributed by atoms with van der Waals surface area (Å²) in [6.07, 6.45) is 5.69. The number of pyridine rings is 1. The van der Waals surface area contributed by atoms with Crippen molar-refractivity contribution in [2.45, 2.75) is 32.1 Å². The van der Waals surface area contributed by atoms with E-state index in [0.29, 0.717) is 12.3 Å². The third-order valence-corrected chi connectivity index (χ3v) is 5.71. The topological polar surface area (TPSA) is 45.9 Å². The molecule has 0 saturated heterocycles. The lowest BCUT2D eigenvalue weighted by Gasteiger charge is -2.23. The lowest BCUT2D eigenvalue weighted by atomic mass is 9.78. The van der Waals surface area contributed by atoms with Gasteiger partial charge < -0.3 is 4.74 Å². The fourth-order valence-corrected chi connectivity index (χ4v) is 3.82. The molecule has 0 saturated carbocycles. The Kier molecular flexibility index (Phi) is 6.70. The predicted molar refractivity (Wildman–Crippen MR) is 127 cm³/mol. The average Bonchev–Trinajstić information content (AvgIpc) is 2.76. The number of hydrogen-bond acceptors (Lipinski definition) is 3. The minimum Gasteiger partial charge on any atom is -0.481 e. The van der Waals surface area contributed by atoms with Gasteiger partial charge in [0.1, 0.15) is 12.5 Å². The quantitative estimate of drug-likeness (QED) is 0.434. The number of aryl methyl sites for hydroxylation is 1. The van der Waals surface area contributed by atoms with E-state index in [1.165, 1.54) is 0 Å². The van der Waals surface area contributed by atoms with Crippen LogP contribution in [0.3, 0.4) is 0 Å². The molecule has 3 nitrogen and oxygen atoms in total. The molecule has 0 spiro atoms. The molecule has 152 valence electrons. The number of methoxy groups -OCH3 is 1. The molecule has 0 radical (unpaired) electrons. The Labute approximate surface area is 182 Å². The monoisotopic (exact) mass is 415 g/mol. The normalized spacial score (nSPS) is 12.7. The lowest BCUT2D eigenvalue weighted by Crippen LogP contribution is -2.23. The van der Waals surface area contributed by atoms with Gasteiger partial charge >= 0.3 is 0 Å². The Bertz CT molecular complexity index is 1170. The van der Waals surface area contributed by atoms with Gasteiger partial charge in [0.25, 0.3) is 0 Å². The van der Waals surface area contributed by atoms with Crippen LogP contribution in [0.5, 0.6) is 5.88 Å². The second-order valence-electron chi connectivity index (χ2n) is 7.78. The van der Waals surface area contributed by atoms with Crippen molar-refractivity contribution in [2.24, 2.45) is 0 Å². The Hall–Kier alpha value is -2.95. The predicted octanol–water partition coefficient (Wildman–Crippen LogP) is 5.02. The van der Waals surface area contributed by atoms with Crippen LogP contribution in [0.25, 0.3) is 10.9 Å². The number of aromatic nitrogens is 1. The van der Waals surface area contributed by atoms with Crippen molar-refractivity contribution in [1.82, 2.24) is 4.98 Å². The van der Waals surface area contributed by atoms with E-state index in [4.69, 9.17) is 4.74 Å². The first kappa shape index (κ1) is 21.8. The second-order valence-corrected chi connectivity index (χ2v) is 9.62. The summed E-state index contributed by atoms with van der Waals surface area (Å²) in [5, 5.41) is 14.4. The van der Waals surface area contributed by atoms with Gasteiger partial charge in [0, 0.05) is 16.5 Å². The second kappa shape index (κ2) is 9.24. The first-order valence-corrected chi connectivity index (χ1v) is 12.0. The summed E-state index contributed by atoms with van der Waals surface area (Å²) in [6.45, 7) is 4.08. The largest absolute Gasteiger partial charge is 0.481 e. The Morgan fingerprint density at radius 3 is 2.60 bits per heavy atom. The van der Waals surface area contributed by atoms with Gasteiger partial charge in [-0.3, -0.25) is 0 Å². The molecule has 0 aliphatic carbocycles. The Morgan fingerprint density at radius 1 is 1.13 bits per heavy atom. The maximum atomic E-state index is 10.1. The van der Waals surface area contributed by atoms with Gasteiger partial charge in [0.05, 0.1) is 35.0 Å². The maximum Gasteiger partial charge on any atom is 0.216 e. The number of benzene rings is 2. The van der Waals surface area contributed by atoms with Crippen LogP contribution in [-0.2, 0) is 29.2 Å². The molecule has 0 amide bonds. The summed E-state index contributed by atoms with van der Waals surface area (Å²) in [5.74, 6) is 3.88. The van der Waals surface area contributed by atoms with Crippen LogP contribution in [0.2, 0.25) is 0 Å². The zero-order valence-electron chi connectivity index (χ0n) is 18.2. The highest BCUT2D eigenvalue weighted by Gasteiger charge is 2.27. The molecule has 4 heteroatoms. The zero-order valence-corrected chi connectivity index (χ0v) is 19.1. The molecule has 1 aromatic heterocycles. The van der Waals surface area contributed by atoms with Crippen molar-refractivity contribution in [2.75, 3.05) is 19.6 Å². The minimum absolute atomic E-state index is 0.0774. The van der Waals surface area contributed by atoms with Crippen molar-refractivity contribution in [1.29, 1.82) is 5.26 Å². The zero-order chi connectivity index (χ0) is 21.7. The van der Waals surface area contributed by atoms with E-state index in [-0.39, 0.29) is 10.9 Å². The van der Waals surface area contributed by atoms with Crippen molar-refractivity contribution in [3.8, 4) is 23.1 Å². The van der Waals surface area contributed by atoms with Crippen LogP contribution in [0.1, 0.15) is 36.1 Å². The van der Waals surface area contributed by atoms with E-state index in [9.17, 15) is 5.26 Å². The van der Waals surface area contributed by atoms with Gasteiger partial charge in [-0.1, -0.05) is 31.2 Å². The van der Waals surface area contributed by atoms with Gasteiger partial charge in [0.2, 0.25) is 5.88 Å². The molecule has 3 rings (SSSR count). The molecule has 1 heterocycles. The number of rotatable bonds is 5. The molecule has 3 aromatic rings. The fourth-order valence-electron chi connectivity index (χ4n) is 3.50. The van der Waals surface area contributed by atoms with Crippen molar-refractivity contribution in [3.05, 3.63) is 70.8 Å². The third kappa shape index (κ3) is 4.78. The molecule has 1 unspecified atom stereocenters. The fraction of sp³-hybridized carbons (Fsp3) is 0.308. The number of hydrogen-bond donors (Lipinski definition) is 0. The highest BCUT2D eigenvalue weighted by molar-refractivity contribution is 8.00. The van der Waals surface area contributed by atoms with Crippen molar-refractivity contribution < 1.29 is 4.74 Å². The summed E-state index contributed by atoms with van der Waals surface area (Å²) in [7, 11) is 1.72. The van der Waals surface area contributed by atoms with Gasteiger partial charge in [-0.2, -0.15) is 5.26 Å². The van der Waals surface area contributed by atoms with Crippen LogP contribution in [0.4, 0.5) is 0 Å². The Balaban J connectivity index is 1.98. The molecule has 2 aromatic carbocycles. The van der Waals surface area contributed by atoms with Crippen LogP contribution in [0.15, 0.2) is 48.5 Å². The first-order chi connectivity index (χ1) is 14.4. The number of nitriles is 1. The molecule has 0 aliphatic heterocycles. The molecule has 0 fully saturated rings. The highest BCUT2D eigenvalue weighted by Crippen LogP contribution is 2.31. The molecule has 0 aliphatic rings. The number of ether oxygens (including phenoxy) is 1. The van der Waals surface area contributed by atoms with Crippen molar-refractivity contribution in [3.63, 3.8) is 0 Å². The number of fused-ring (bicyclic) bond motifs is 1. The summed E-state index contributed by atoms with van der Waals surface area (Å²) in [4.78, 5) is 4.69. The molecule has 30 heavy (non-hydrogen) atoms. The van der Waals surface area contributed by atoms with E-state index in [1.54, 1.807) is 7.11 Å². The average molecular weight is 416 g/mol. The standard InChI is InChI=1S/C26H27N2OS/c1-6-21-15-22-10-11-23(16-24(22)28-25(21)29-3)26(2,18-27)17-20-9-7-8-19(14-20)12-13-30(4)5/h7-11,14-16H,6,17H2,1-5H3/q+1. The first-order valence-electron chi connectivity index (χ1n) is 9.96.